The Morgan fingerprint density at radius 2 is 1.55 bits per heavy atom. The Morgan fingerprint density at radius 3 is 2.18 bits per heavy atom. The van der Waals surface area contributed by atoms with Crippen LogP contribution in [0.2, 0.25) is 0 Å². The minimum atomic E-state index is -0.600. The number of aliphatic hydroxyl groups excluding tert-OH is 1. The fourth-order valence-corrected chi connectivity index (χ4v) is 2.73. The van der Waals surface area contributed by atoms with Crippen molar-refractivity contribution in [3.8, 4) is 0 Å². The number of aliphatic hydroxyl groups is 2. The second-order valence-corrected chi connectivity index (χ2v) is 5.99. The lowest BCUT2D eigenvalue weighted by Gasteiger charge is -2.25. The number of hydrogen-bond acceptors (Lipinski definition) is 2. The zero-order chi connectivity index (χ0) is 16.0. The molecule has 0 spiro atoms. The third-order valence-electron chi connectivity index (χ3n) is 4.58. The van der Waals surface area contributed by atoms with Crippen LogP contribution in [0.5, 0.6) is 0 Å². The van der Waals surface area contributed by atoms with E-state index in [2.05, 4.69) is 6.07 Å². The van der Waals surface area contributed by atoms with Gasteiger partial charge in [-0.25, -0.2) is 0 Å². The lowest BCUT2D eigenvalue weighted by molar-refractivity contribution is 0.0239. The summed E-state index contributed by atoms with van der Waals surface area (Å²) in [6.07, 6.45) is 2.53. The minimum Gasteiger partial charge on any atom is -0.390 e. The quantitative estimate of drug-likeness (QED) is 0.802. The van der Waals surface area contributed by atoms with E-state index >= 15 is 0 Å². The van der Waals surface area contributed by atoms with Gasteiger partial charge in [-0.3, -0.25) is 0 Å². The average molecular weight is 298 g/mol. The van der Waals surface area contributed by atoms with Crippen molar-refractivity contribution in [1.82, 2.24) is 0 Å². The molecule has 0 fully saturated rings. The molecule has 1 unspecified atom stereocenters. The normalized spacial score (nSPS) is 13.1. The second kappa shape index (κ2) is 7.57. The molecule has 0 aliphatic heterocycles. The van der Waals surface area contributed by atoms with Crippen LogP contribution in [0.3, 0.4) is 0 Å². The van der Waals surface area contributed by atoms with Crippen LogP contribution in [0.15, 0.2) is 54.6 Å². The molecule has 0 bridgehead atoms. The predicted octanol–water partition coefficient (Wildman–Crippen LogP) is 4.25. The molecule has 2 aromatic rings. The Balaban J connectivity index is 2.10. The highest BCUT2D eigenvalue weighted by atomic mass is 16.3. The lowest BCUT2D eigenvalue weighted by Crippen LogP contribution is -2.27. The van der Waals surface area contributed by atoms with Crippen molar-refractivity contribution < 1.29 is 10.2 Å². The van der Waals surface area contributed by atoms with E-state index in [4.69, 9.17) is 0 Å². The van der Waals surface area contributed by atoms with Crippen LogP contribution in [0.4, 0.5) is 0 Å². The molecule has 0 radical (unpaired) electrons. The smallest absolute Gasteiger partial charge is 0.104 e. The van der Waals surface area contributed by atoms with Gasteiger partial charge in [0.25, 0.3) is 0 Å². The summed E-state index contributed by atoms with van der Waals surface area (Å²) in [4.78, 5) is 0. The van der Waals surface area contributed by atoms with E-state index in [0.29, 0.717) is 0 Å². The zero-order valence-corrected chi connectivity index (χ0v) is 13.5. The number of hydrogen-bond donors (Lipinski definition) is 2. The van der Waals surface area contributed by atoms with Crippen molar-refractivity contribution in [3.63, 3.8) is 0 Å². The summed E-state index contributed by atoms with van der Waals surface area (Å²) < 4.78 is 0. The third-order valence-corrected chi connectivity index (χ3v) is 4.58. The topological polar surface area (TPSA) is 40.5 Å². The number of rotatable bonds is 7. The maximum absolute atomic E-state index is 10.5. The van der Waals surface area contributed by atoms with Gasteiger partial charge in [-0.05, 0) is 42.4 Å². The minimum absolute atomic E-state index is 0.575. The molecule has 0 aromatic heterocycles. The van der Waals surface area contributed by atoms with Gasteiger partial charge in [0.05, 0.1) is 5.60 Å². The summed E-state index contributed by atoms with van der Waals surface area (Å²) in [6.45, 7) is 4.05. The Bertz CT molecular complexity index is 573. The molecule has 2 heteroatoms. The van der Waals surface area contributed by atoms with Gasteiger partial charge in [-0.1, -0.05) is 68.4 Å². The molecule has 0 saturated heterocycles. The summed E-state index contributed by atoms with van der Waals surface area (Å²) in [6, 6.07) is 17.7. The van der Waals surface area contributed by atoms with Crippen LogP contribution in [0.1, 0.15) is 55.9 Å². The van der Waals surface area contributed by atoms with Gasteiger partial charge in [0.15, 0.2) is 0 Å². The molecule has 2 rings (SSSR count). The van der Waals surface area contributed by atoms with Crippen LogP contribution < -0.4 is 0 Å². The van der Waals surface area contributed by atoms with E-state index in [1.54, 1.807) is 0 Å². The van der Waals surface area contributed by atoms with Crippen LogP contribution >= 0.6 is 0 Å². The summed E-state index contributed by atoms with van der Waals surface area (Å²) >= 11 is 0. The molecule has 0 saturated carbocycles. The van der Waals surface area contributed by atoms with E-state index in [9.17, 15) is 10.2 Å². The lowest BCUT2D eigenvalue weighted by atomic mass is 9.89. The average Bonchev–Trinajstić information content (AvgIpc) is 2.60. The van der Waals surface area contributed by atoms with Crippen LogP contribution in [0, 0.1) is 0 Å². The van der Waals surface area contributed by atoms with Gasteiger partial charge < -0.3 is 10.2 Å². The highest BCUT2D eigenvalue weighted by molar-refractivity contribution is 5.32. The molecule has 0 aliphatic rings. The van der Waals surface area contributed by atoms with Crippen LogP contribution in [-0.4, -0.2) is 15.8 Å². The first-order valence-corrected chi connectivity index (χ1v) is 8.12. The monoisotopic (exact) mass is 298 g/mol. The maximum atomic E-state index is 10.5. The number of aryl methyl sites for hydroxylation is 1. The van der Waals surface area contributed by atoms with Gasteiger partial charge in [0.2, 0.25) is 0 Å². The van der Waals surface area contributed by atoms with Crippen molar-refractivity contribution in [2.75, 3.05) is 0 Å². The highest BCUT2D eigenvalue weighted by Gasteiger charge is 2.21. The molecule has 2 aromatic carbocycles. The van der Waals surface area contributed by atoms with Gasteiger partial charge in [-0.15, -0.1) is 0 Å². The summed E-state index contributed by atoms with van der Waals surface area (Å²) in [5.41, 5.74) is 2.39. The molecular formula is C20H26O2. The number of benzene rings is 2. The van der Waals surface area contributed by atoms with Crippen LogP contribution in [0.25, 0.3) is 0 Å². The Hall–Kier alpha value is -1.64. The Labute approximate surface area is 133 Å². The second-order valence-electron chi connectivity index (χ2n) is 5.99. The Morgan fingerprint density at radius 1 is 0.909 bits per heavy atom. The molecule has 118 valence electrons. The van der Waals surface area contributed by atoms with E-state index in [-0.39, 0.29) is 0 Å². The molecule has 0 heterocycles. The first-order valence-electron chi connectivity index (χ1n) is 8.12. The molecule has 2 nitrogen and oxygen atoms in total. The zero-order valence-electron chi connectivity index (χ0n) is 13.5. The van der Waals surface area contributed by atoms with E-state index < -0.39 is 11.7 Å². The summed E-state index contributed by atoms with van der Waals surface area (Å²) in [7, 11) is 0. The van der Waals surface area contributed by atoms with Gasteiger partial charge in [0, 0.05) is 0 Å². The van der Waals surface area contributed by atoms with Crippen molar-refractivity contribution >= 4 is 0 Å². The first kappa shape index (κ1) is 16.7. The maximum Gasteiger partial charge on any atom is 0.104 e. The molecule has 22 heavy (non-hydrogen) atoms. The largest absolute Gasteiger partial charge is 0.390 e. The van der Waals surface area contributed by atoms with Gasteiger partial charge >= 0.3 is 0 Å². The molecule has 1 atom stereocenters. The SMILES string of the molecule is CCC(O)(CC)CCc1cccc(C(O)c2ccccc2)c1. The Kier molecular flexibility index (Phi) is 5.76. The standard InChI is InChI=1S/C20H26O2/c1-3-20(22,4-2)14-13-16-9-8-12-18(15-16)19(21)17-10-6-5-7-11-17/h5-12,15,19,21-22H,3-4,13-14H2,1-2H3. The molecular weight excluding hydrogens is 272 g/mol. The molecule has 2 N–H and O–H groups in total. The van der Waals surface area contributed by atoms with Gasteiger partial charge in [-0.2, -0.15) is 0 Å². The van der Waals surface area contributed by atoms with Crippen molar-refractivity contribution in [3.05, 3.63) is 71.3 Å². The van der Waals surface area contributed by atoms with Crippen molar-refractivity contribution in [2.24, 2.45) is 0 Å². The van der Waals surface area contributed by atoms with E-state index in [0.717, 1.165) is 42.4 Å². The highest BCUT2D eigenvalue weighted by Crippen LogP contribution is 2.25. The van der Waals surface area contributed by atoms with E-state index in [1.165, 1.54) is 0 Å². The summed E-state index contributed by atoms with van der Waals surface area (Å²) in [5.74, 6) is 0. The van der Waals surface area contributed by atoms with Crippen LogP contribution in [-0.2, 0) is 6.42 Å². The van der Waals surface area contributed by atoms with Gasteiger partial charge in [0.1, 0.15) is 6.10 Å². The first-order chi connectivity index (χ1) is 10.6. The van der Waals surface area contributed by atoms with Crippen molar-refractivity contribution in [1.29, 1.82) is 0 Å². The molecule has 0 aliphatic carbocycles. The fourth-order valence-electron chi connectivity index (χ4n) is 2.73. The molecule has 0 amide bonds. The fraction of sp³-hybridized carbons (Fsp3) is 0.400. The van der Waals surface area contributed by atoms with Crippen molar-refractivity contribution in [2.45, 2.75) is 51.2 Å². The predicted molar refractivity (Wildman–Crippen MR) is 90.8 cm³/mol. The summed E-state index contributed by atoms with van der Waals surface area (Å²) in [5, 5.41) is 20.9. The van der Waals surface area contributed by atoms with E-state index in [1.807, 2.05) is 62.4 Å². The third kappa shape index (κ3) is 4.19.